The summed E-state index contributed by atoms with van der Waals surface area (Å²) >= 11 is 5.96. The summed E-state index contributed by atoms with van der Waals surface area (Å²) < 4.78 is 51.3. The molecule has 0 aliphatic rings. The summed E-state index contributed by atoms with van der Waals surface area (Å²) in [4.78, 5) is 30.0. The number of aromatic nitrogens is 4. The predicted molar refractivity (Wildman–Crippen MR) is 119 cm³/mol. The Labute approximate surface area is 195 Å². The van der Waals surface area contributed by atoms with Crippen molar-refractivity contribution in [2.24, 2.45) is 7.05 Å². The molecule has 0 bridgehead atoms. The van der Waals surface area contributed by atoms with Crippen LogP contribution in [-0.2, 0) is 20.1 Å². The van der Waals surface area contributed by atoms with Crippen LogP contribution in [0.4, 0.5) is 13.2 Å². The van der Waals surface area contributed by atoms with E-state index in [1.807, 2.05) is 0 Å². The molecule has 0 saturated carbocycles. The molecule has 2 aromatic heterocycles. The molecular weight excluding hydrogens is 477 g/mol. The fourth-order valence-electron chi connectivity index (χ4n) is 3.46. The quantitative estimate of drug-likeness (QED) is 0.399. The summed E-state index contributed by atoms with van der Waals surface area (Å²) in [5, 5.41) is 0.521. The second kappa shape index (κ2) is 8.90. The molecule has 0 amide bonds. The van der Waals surface area contributed by atoms with E-state index in [0.717, 1.165) is 22.3 Å². The Kier molecular flexibility index (Phi) is 6.13. The van der Waals surface area contributed by atoms with Gasteiger partial charge in [-0.15, -0.1) is 13.2 Å². The average molecular weight is 495 g/mol. The topological polar surface area (TPSA) is 80.3 Å². The molecule has 0 fully saturated rings. The van der Waals surface area contributed by atoms with Crippen molar-refractivity contribution in [3.63, 3.8) is 0 Å². The van der Waals surface area contributed by atoms with E-state index in [2.05, 4.69) is 9.72 Å². The van der Waals surface area contributed by atoms with E-state index >= 15 is 0 Å². The van der Waals surface area contributed by atoms with Crippen molar-refractivity contribution in [1.29, 1.82) is 0 Å². The first-order chi connectivity index (χ1) is 16.1. The van der Waals surface area contributed by atoms with Crippen molar-refractivity contribution in [2.75, 3.05) is 0 Å². The highest BCUT2D eigenvalue weighted by Gasteiger charge is 2.31. The summed E-state index contributed by atoms with van der Waals surface area (Å²) in [7, 11) is 1.36. The van der Waals surface area contributed by atoms with Crippen LogP contribution in [0.25, 0.3) is 11.2 Å². The summed E-state index contributed by atoms with van der Waals surface area (Å²) in [5.74, 6) is -0.483. The number of nitrogens with zero attached hydrogens (tertiary/aromatic N) is 4. The van der Waals surface area contributed by atoms with E-state index in [-0.39, 0.29) is 36.0 Å². The fraction of sp³-hybridized carbons (Fsp3) is 0.227. The Hall–Kier alpha value is -3.73. The number of imidazole rings is 1. The van der Waals surface area contributed by atoms with Crippen LogP contribution in [0.2, 0.25) is 5.02 Å². The lowest BCUT2D eigenvalue weighted by atomic mass is 10.2. The van der Waals surface area contributed by atoms with Crippen LogP contribution in [0.3, 0.4) is 0 Å². The van der Waals surface area contributed by atoms with Crippen molar-refractivity contribution >= 4 is 22.8 Å². The normalized spacial score (nSPS) is 11.7. The molecule has 4 rings (SSSR count). The van der Waals surface area contributed by atoms with Gasteiger partial charge in [0.2, 0.25) is 0 Å². The van der Waals surface area contributed by atoms with Gasteiger partial charge in [-0.3, -0.25) is 18.5 Å². The molecule has 0 aliphatic carbocycles. The molecule has 0 spiro atoms. The second-order valence-electron chi connectivity index (χ2n) is 7.29. The molecule has 34 heavy (non-hydrogen) atoms. The molecular formula is C22H18ClF3N4O4. The predicted octanol–water partition coefficient (Wildman–Crippen LogP) is 4.31. The van der Waals surface area contributed by atoms with Gasteiger partial charge in [-0.2, -0.15) is 4.98 Å². The molecule has 0 unspecified atom stereocenters. The largest absolute Gasteiger partial charge is 0.573 e. The van der Waals surface area contributed by atoms with E-state index < -0.39 is 23.4 Å². The van der Waals surface area contributed by atoms with Gasteiger partial charge in [0.25, 0.3) is 5.56 Å². The van der Waals surface area contributed by atoms with Crippen molar-refractivity contribution in [3.8, 4) is 17.5 Å². The number of hydrogen-bond donors (Lipinski definition) is 0. The van der Waals surface area contributed by atoms with E-state index in [1.54, 1.807) is 31.2 Å². The van der Waals surface area contributed by atoms with Crippen molar-refractivity contribution in [3.05, 3.63) is 80.0 Å². The minimum Gasteiger partial charge on any atom is -0.425 e. The molecule has 8 nitrogen and oxygen atoms in total. The van der Waals surface area contributed by atoms with Gasteiger partial charge in [-0.1, -0.05) is 29.8 Å². The highest BCUT2D eigenvalue weighted by Crippen LogP contribution is 2.30. The second-order valence-corrected chi connectivity index (χ2v) is 7.73. The van der Waals surface area contributed by atoms with Gasteiger partial charge in [0.05, 0.1) is 6.54 Å². The van der Waals surface area contributed by atoms with Crippen LogP contribution in [0, 0.1) is 0 Å². The third-order valence-corrected chi connectivity index (χ3v) is 5.27. The van der Waals surface area contributed by atoms with Crippen LogP contribution in [0.15, 0.2) is 58.1 Å². The molecule has 178 valence electrons. The average Bonchev–Trinajstić information content (AvgIpc) is 3.10. The number of alkyl halides is 3. The SMILES string of the molecule is CCn1c(=O)n(C)c(=O)c2c1nc(Oc1cccc(OC(F)(F)F)c1)n2Cc1ccc(Cl)cc1. The van der Waals surface area contributed by atoms with E-state index in [0.29, 0.717) is 5.02 Å². The highest BCUT2D eigenvalue weighted by atomic mass is 35.5. The van der Waals surface area contributed by atoms with Crippen molar-refractivity contribution < 1.29 is 22.6 Å². The van der Waals surface area contributed by atoms with Crippen LogP contribution >= 0.6 is 11.6 Å². The summed E-state index contributed by atoms with van der Waals surface area (Å²) in [6.45, 7) is 2.08. The zero-order valence-corrected chi connectivity index (χ0v) is 18.7. The minimum absolute atomic E-state index is 0.00312. The summed E-state index contributed by atoms with van der Waals surface area (Å²) in [6, 6.07) is 11.7. The van der Waals surface area contributed by atoms with Gasteiger partial charge in [-0.05, 0) is 36.8 Å². The Balaban J connectivity index is 1.88. The lowest BCUT2D eigenvalue weighted by Gasteiger charge is -2.12. The first-order valence-electron chi connectivity index (χ1n) is 10.1. The monoisotopic (exact) mass is 494 g/mol. The Morgan fingerprint density at radius 2 is 1.71 bits per heavy atom. The van der Waals surface area contributed by atoms with Gasteiger partial charge >= 0.3 is 18.1 Å². The first-order valence-corrected chi connectivity index (χ1v) is 10.4. The minimum atomic E-state index is -4.87. The molecule has 0 saturated heterocycles. The van der Waals surface area contributed by atoms with Crippen LogP contribution in [-0.4, -0.2) is 25.0 Å². The van der Waals surface area contributed by atoms with Gasteiger partial charge in [0.15, 0.2) is 11.2 Å². The number of rotatable bonds is 6. The number of halogens is 4. The highest BCUT2D eigenvalue weighted by molar-refractivity contribution is 6.30. The maximum absolute atomic E-state index is 13.0. The lowest BCUT2D eigenvalue weighted by molar-refractivity contribution is -0.274. The lowest BCUT2D eigenvalue weighted by Crippen LogP contribution is -2.38. The summed E-state index contributed by atoms with van der Waals surface area (Å²) in [5.41, 5.74) is -0.184. The maximum Gasteiger partial charge on any atom is 0.573 e. The van der Waals surface area contributed by atoms with Crippen LogP contribution < -0.4 is 20.7 Å². The zero-order valence-electron chi connectivity index (χ0n) is 18.0. The molecule has 2 aromatic carbocycles. The number of aryl methyl sites for hydroxylation is 1. The smallest absolute Gasteiger partial charge is 0.425 e. The summed E-state index contributed by atoms with van der Waals surface area (Å²) in [6.07, 6.45) is -4.87. The maximum atomic E-state index is 13.0. The van der Waals surface area contributed by atoms with Gasteiger partial charge in [0, 0.05) is 24.7 Å². The third-order valence-electron chi connectivity index (χ3n) is 5.01. The molecule has 4 aromatic rings. The standard InChI is InChI=1S/C22H18ClF3N4O4/c1-3-29-18-17(19(31)28(2)21(29)32)30(12-13-7-9-14(23)10-8-13)20(27-18)33-15-5-4-6-16(11-15)34-22(24,25)26/h4-11H,3,12H2,1-2H3. The van der Waals surface area contributed by atoms with E-state index in [4.69, 9.17) is 16.3 Å². The fourth-order valence-corrected chi connectivity index (χ4v) is 3.59. The molecule has 12 heteroatoms. The van der Waals surface area contributed by atoms with E-state index in [9.17, 15) is 22.8 Å². The van der Waals surface area contributed by atoms with Crippen molar-refractivity contribution in [1.82, 2.24) is 18.7 Å². The van der Waals surface area contributed by atoms with Gasteiger partial charge in [0.1, 0.15) is 11.5 Å². The first kappa shape index (κ1) is 23.4. The Bertz CT molecular complexity index is 1470. The Morgan fingerprint density at radius 3 is 2.35 bits per heavy atom. The van der Waals surface area contributed by atoms with Crippen LogP contribution in [0.1, 0.15) is 12.5 Å². The molecule has 0 aliphatic heterocycles. The van der Waals surface area contributed by atoms with E-state index in [1.165, 1.54) is 28.3 Å². The molecule has 2 heterocycles. The zero-order chi connectivity index (χ0) is 24.6. The number of ether oxygens (including phenoxy) is 2. The molecule has 0 N–H and O–H groups in total. The number of benzene rings is 2. The number of fused-ring (bicyclic) bond motifs is 1. The van der Waals surface area contributed by atoms with Gasteiger partial charge in [-0.25, -0.2) is 4.79 Å². The third kappa shape index (κ3) is 4.65. The van der Waals surface area contributed by atoms with Gasteiger partial charge < -0.3 is 9.47 Å². The van der Waals surface area contributed by atoms with Crippen molar-refractivity contribution in [2.45, 2.75) is 26.4 Å². The Morgan fingerprint density at radius 1 is 1.03 bits per heavy atom. The van der Waals surface area contributed by atoms with Crippen LogP contribution in [0.5, 0.6) is 17.5 Å². The molecule has 0 atom stereocenters. The molecule has 0 radical (unpaired) electrons. The number of hydrogen-bond acceptors (Lipinski definition) is 5.